The van der Waals surface area contributed by atoms with Crippen LogP contribution in [0.4, 0.5) is 0 Å². The van der Waals surface area contributed by atoms with Crippen LogP contribution in [0, 0.1) is 10.8 Å². The molecule has 0 bridgehead atoms. The molecule has 0 aromatic carbocycles. The second-order valence-electron chi connectivity index (χ2n) is 10.6. The molecule has 32 heavy (non-hydrogen) atoms. The summed E-state index contributed by atoms with van der Waals surface area (Å²) in [5.74, 6) is 0. The van der Waals surface area contributed by atoms with Crippen molar-refractivity contribution in [2.24, 2.45) is 10.8 Å². The van der Waals surface area contributed by atoms with E-state index in [1.54, 1.807) is 0 Å². The van der Waals surface area contributed by atoms with E-state index in [0.29, 0.717) is 25.7 Å². The zero-order valence-corrected chi connectivity index (χ0v) is 21.2. The Labute approximate surface area is 199 Å². The number of aliphatic hydroxyl groups is 4. The van der Waals surface area contributed by atoms with Crippen LogP contribution >= 0.6 is 0 Å². The summed E-state index contributed by atoms with van der Waals surface area (Å²) in [6, 6.07) is 0. The van der Waals surface area contributed by atoms with Gasteiger partial charge in [0.05, 0.1) is 0 Å². The van der Waals surface area contributed by atoms with Crippen LogP contribution in [-0.4, -0.2) is 46.9 Å². The molecule has 192 valence electrons. The lowest BCUT2D eigenvalue weighted by Crippen LogP contribution is -2.45. The maximum absolute atomic E-state index is 10.0. The van der Waals surface area contributed by atoms with Crippen molar-refractivity contribution < 1.29 is 20.4 Å². The minimum atomic E-state index is -0.206. The first-order valence-electron chi connectivity index (χ1n) is 14.1. The van der Waals surface area contributed by atoms with Crippen molar-refractivity contribution in [2.75, 3.05) is 26.4 Å². The van der Waals surface area contributed by atoms with E-state index in [1.165, 1.54) is 89.9 Å². The van der Waals surface area contributed by atoms with E-state index in [1.807, 2.05) is 0 Å². The molecule has 4 nitrogen and oxygen atoms in total. The monoisotopic (exact) mass is 456 g/mol. The molecule has 0 radical (unpaired) electrons. The van der Waals surface area contributed by atoms with Crippen molar-refractivity contribution in [3.63, 3.8) is 0 Å². The normalized spacial score (nSPS) is 22.9. The lowest BCUT2D eigenvalue weighted by molar-refractivity contribution is -0.0601. The summed E-state index contributed by atoms with van der Waals surface area (Å²) < 4.78 is 0. The van der Waals surface area contributed by atoms with E-state index in [4.69, 9.17) is 0 Å². The Balaban J connectivity index is 2.95. The van der Waals surface area contributed by atoms with E-state index >= 15 is 0 Å². The Kier molecular flexibility index (Phi) is 17.9. The number of aliphatic hydroxyl groups excluding tert-OH is 4. The van der Waals surface area contributed by atoms with E-state index in [9.17, 15) is 20.4 Å². The molecular formula is C28H56O4. The SMILES string of the molecule is OCCC1(CCO)CCCCCCCCCCCCCCCCCCC1(CCO)CCO. The summed E-state index contributed by atoms with van der Waals surface area (Å²) in [6.45, 7) is 0.439. The summed E-state index contributed by atoms with van der Waals surface area (Å²) in [7, 11) is 0. The summed E-state index contributed by atoms with van der Waals surface area (Å²) >= 11 is 0. The minimum Gasteiger partial charge on any atom is -0.396 e. The molecule has 0 heterocycles. The molecule has 0 atom stereocenters. The quantitative estimate of drug-likeness (QED) is 0.335. The second kappa shape index (κ2) is 19.2. The fourth-order valence-corrected chi connectivity index (χ4v) is 6.60. The molecular weight excluding hydrogens is 400 g/mol. The predicted molar refractivity (Wildman–Crippen MR) is 135 cm³/mol. The van der Waals surface area contributed by atoms with Crippen LogP contribution < -0.4 is 0 Å². The molecule has 0 aromatic rings. The molecule has 4 heteroatoms. The Bertz CT molecular complexity index is 362. The molecule has 1 aliphatic carbocycles. The number of rotatable bonds is 8. The summed E-state index contributed by atoms with van der Waals surface area (Å²) in [4.78, 5) is 0. The molecule has 4 N–H and O–H groups in total. The number of hydrogen-bond acceptors (Lipinski definition) is 4. The molecule has 1 fully saturated rings. The highest BCUT2D eigenvalue weighted by Gasteiger charge is 2.48. The molecule has 0 amide bonds. The van der Waals surface area contributed by atoms with E-state index in [2.05, 4.69) is 0 Å². The third-order valence-electron chi connectivity index (χ3n) is 8.55. The van der Waals surface area contributed by atoms with Crippen molar-refractivity contribution in [3.8, 4) is 0 Å². The highest BCUT2D eigenvalue weighted by molar-refractivity contribution is 4.98. The third-order valence-corrected chi connectivity index (χ3v) is 8.55. The Hall–Kier alpha value is -0.160. The van der Waals surface area contributed by atoms with Gasteiger partial charge in [0.15, 0.2) is 0 Å². The lowest BCUT2D eigenvalue weighted by atomic mass is 9.53. The molecule has 1 aliphatic rings. The zero-order chi connectivity index (χ0) is 23.4. The average molecular weight is 457 g/mol. The van der Waals surface area contributed by atoms with Gasteiger partial charge in [-0.1, -0.05) is 103 Å². The molecule has 0 spiro atoms. The van der Waals surface area contributed by atoms with Gasteiger partial charge < -0.3 is 20.4 Å². The average Bonchev–Trinajstić information content (AvgIpc) is 2.78. The van der Waals surface area contributed by atoms with E-state index in [0.717, 1.165) is 25.7 Å². The van der Waals surface area contributed by atoms with Crippen LogP contribution in [0.3, 0.4) is 0 Å². The highest BCUT2D eigenvalue weighted by atomic mass is 16.3. The highest BCUT2D eigenvalue weighted by Crippen LogP contribution is 2.56. The standard InChI is InChI=1S/C28H56O4/c29-23-19-27(20-24-30)17-15-13-11-9-7-5-3-1-2-4-6-8-10-12-14-16-18-28(27,21-25-31)22-26-32/h29-32H,1-26H2. The Morgan fingerprint density at radius 3 is 0.688 bits per heavy atom. The second-order valence-corrected chi connectivity index (χ2v) is 10.6. The molecule has 0 saturated heterocycles. The fraction of sp³-hybridized carbons (Fsp3) is 1.00. The first kappa shape index (κ1) is 29.9. The van der Waals surface area contributed by atoms with E-state index < -0.39 is 0 Å². The Morgan fingerprint density at radius 2 is 0.500 bits per heavy atom. The molecule has 0 unspecified atom stereocenters. The van der Waals surface area contributed by atoms with Gasteiger partial charge in [-0.15, -0.1) is 0 Å². The first-order valence-corrected chi connectivity index (χ1v) is 14.1. The maximum Gasteiger partial charge on any atom is 0.0436 e. The van der Waals surface area contributed by atoms with Crippen molar-refractivity contribution in [3.05, 3.63) is 0 Å². The maximum atomic E-state index is 10.0. The molecule has 0 aromatic heterocycles. The smallest absolute Gasteiger partial charge is 0.0436 e. The van der Waals surface area contributed by atoms with Crippen LogP contribution in [0.15, 0.2) is 0 Å². The topological polar surface area (TPSA) is 80.9 Å². The van der Waals surface area contributed by atoms with Crippen LogP contribution in [0.2, 0.25) is 0 Å². The van der Waals surface area contributed by atoms with Gasteiger partial charge in [-0.3, -0.25) is 0 Å². The zero-order valence-electron chi connectivity index (χ0n) is 21.2. The first-order chi connectivity index (χ1) is 15.7. The van der Waals surface area contributed by atoms with Gasteiger partial charge >= 0.3 is 0 Å². The van der Waals surface area contributed by atoms with Gasteiger partial charge in [0.2, 0.25) is 0 Å². The third kappa shape index (κ3) is 10.8. The predicted octanol–water partition coefficient (Wildman–Crippen LogP) is 6.52. The van der Waals surface area contributed by atoms with Crippen LogP contribution in [0.1, 0.15) is 141 Å². The fourth-order valence-electron chi connectivity index (χ4n) is 6.60. The van der Waals surface area contributed by atoms with E-state index in [-0.39, 0.29) is 37.3 Å². The lowest BCUT2D eigenvalue weighted by Gasteiger charge is -2.52. The van der Waals surface area contributed by atoms with Gasteiger partial charge in [-0.05, 0) is 49.4 Å². The van der Waals surface area contributed by atoms with Crippen LogP contribution in [0.5, 0.6) is 0 Å². The summed E-state index contributed by atoms with van der Waals surface area (Å²) in [6.07, 6.45) is 25.4. The Morgan fingerprint density at radius 1 is 0.312 bits per heavy atom. The van der Waals surface area contributed by atoms with Crippen molar-refractivity contribution >= 4 is 0 Å². The van der Waals surface area contributed by atoms with Crippen molar-refractivity contribution in [2.45, 2.75) is 141 Å². The van der Waals surface area contributed by atoms with Crippen LogP contribution in [0.25, 0.3) is 0 Å². The van der Waals surface area contributed by atoms with Crippen LogP contribution in [-0.2, 0) is 0 Å². The largest absolute Gasteiger partial charge is 0.396 e. The molecule has 0 aliphatic heterocycles. The van der Waals surface area contributed by atoms with Gasteiger partial charge in [0, 0.05) is 26.4 Å². The van der Waals surface area contributed by atoms with Gasteiger partial charge in [0.1, 0.15) is 0 Å². The molecule has 1 rings (SSSR count). The van der Waals surface area contributed by atoms with Gasteiger partial charge in [-0.25, -0.2) is 0 Å². The molecule has 1 saturated carbocycles. The summed E-state index contributed by atoms with van der Waals surface area (Å²) in [5, 5.41) is 40.1. The van der Waals surface area contributed by atoms with Gasteiger partial charge in [-0.2, -0.15) is 0 Å². The summed E-state index contributed by atoms with van der Waals surface area (Å²) in [5.41, 5.74) is -0.411. The van der Waals surface area contributed by atoms with Crippen molar-refractivity contribution in [1.82, 2.24) is 0 Å². The minimum absolute atomic E-state index is 0.110. The number of hydrogen-bond donors (Lipinski definition) is 4. The van der Waals surface area contributed by atoms with Crippen molar-refractivity contribution in [1.29, 1.82) is 0 Å². The van der Waals surface area contributed by atoms with Gasteiger partial charge in [0.25, 0.3) is 0 Å².